The highest BCUT2D eigenvalue weighted by atomic mass is 31.2. The number of hydrogen-bond donors (Lipinski definition) is 2. The molecule has 0 aromatic rings. The van der Waals surface area contributed by atoms with Crippen molar-refractivity contribution in [1.82, 2.24) is 10.6 Å². The number of phosphoric ester groups is 1. The standard InChI is InChI=1S/C24H47N2O6P/c1-6-9-10-11-12-13-14-15-23(25-21(4)27)16-17-24(26-22(5)28)20-32-33(29,30-18-7-2)31-19-8-3/h7,23-24H,2,6,8-20H2,1,3-5H3,(H,25,27)(H,26,28). The van der Waals surface area contributed by atoms with E-state index in [0.717, 1.165) is 19.3 Å². The Hall–Kier alpha value is -1.21. The third-order valence-corrected chi connectivity index (χ3v) is 6.50. The van der Waals surface area contributed by atoms with E-state index in [9.17, 15) is 14.2 Å². The van der Waals surface area contributed by atoms with Crippen molar-refractivity contribution in [3.63, 3.8) is 0 Å². The second kappa shape index (κ2) is 20.2. The Balaban J connectivity index is 4.77. The minimum atomic E-state index is -3.75. The monoisotopic (exact) mass is 490 g/mol. The highest BCUT2D eigenvalue weighted by Crippen LogP contribution is 2.49. The van der Waals surface area contributed by atoms with Gasteiger partial charge in [0.25, 0.3) is 0 Å². The Kier molecular flexibility index (Phi) is 19.4. The molecule has 2 amide bonds. The summed E-state index contributed by atoms with van der Waals surface area (Å²) in [6, 6.07) is -0.353. The summed E-state index contributed by atoms with van der Waals surface area (Å²) in [6.45, 7) is 10.9. The molecule has 9 heteroatoms. The number of phosphoric acid groups is 1. The third-order valence-electron chi connectivity index (χ3n) is 5.07. The lowest BCUT2D eigenvalue weighted by molar-refractivity contribution is -0.121. The van der Waals surface area contributed by atoms with E-state index in [1.54, 1.807) is 0 Å². The fraction of sp³-hybridized carbons (Fsp3) is 0.833. The van der Waals surface area contributed by atoms with Gasteiger partial charge in [0, 0.05) is 19.9 Å². The molecule has 2 N–H and O–H groups in total. The van der Waals surface area contributed by atoms with Crippen LogP contribution in [-0.4, -0.2) is 43.7 Å². The fourth-order valence-corrected chi connectivity index (χ4v) is 4.73. The summed E-state index contributed by atoms with van der Waals surface area (Å²) < 4.78 is 28.9. The summed E-state index contributed by atoms with van der Waals surface area (Å²) in [7, 11) is -3.75. The quantitative estimate of drug-likeness (QED) is 0.115. The van der Waals surface area contributed by atoms with Crippen LogP contribution in [0.15, 0.2) is 12.7 Å². The van der Waals surface area contributed by atoms with Gasteiger partial charge in [0.2, 0.25) is 11.8 Å². The maximum Gasteiger partial charge on any atom is 0.475 e. The van der Waals surface area contributed by atoms with Gasteiger partial charge in [-0.1, -0.05) is 64.9 Å². The molecule has 33 heavy (non-hydrogen) atoms. The molecule has 3 unspecified atom stereocenters. The fourth-order valence-electron chi connectivity index (χ4n) is 3.45. The lowest BCUT2D eigenvalue weighted by Crippen LogP contribution is -2.39. The number of hydrogen-bond acceptors (Lipinski definition) is 6. The van der Waals surface area contributed by atoms with Crippen molar-refractivity contribution in [1.29, 1.82) is 0 Å². The zero-order valence-corrected chi connectivity index (χ0v) is 22.1. The van der Waals surface area contributed by atoms with E-state index in [4.69, 9.17) is 13.6 Å². The summed E-state index contributed by atoms with van der Waals surface area (Å²) in [5.41, 5.74) is 0. The molecule has 0 rings (SSSR count). The highest BCUT2D eigenvalue weighted by Gasteiger charge is 2.28. The van der Waals surface area contributed by atoms with Gasteiger partial charge in [0.1, 0.15) is 0 Å². The molecule has 0 radical (unpaired) electrons. The Bertz CT molecular complexity index is 587. The van der Waals surface area contributed by atoms with Crippen LogP contribution in [0.1, 0.15) is 98.3 Å². The second-order valence-electron chi connectivity index (χ2n) is 8.44. The predicted octanol–water partition coefficient (Wildman–Crippen LogP) is 5.67. The molecule has 0 bridgehead atoms. The molecule has 0 spiro atoms. The summed E-state index contributed by atoms with van der Waals surface area (Å²) in [4.78, 5) is 23.3. The number of carbonyl (C=O) groups excluding carboxylic acids is 2. The first-order chi connectivity index (χ1) is 15.8. The van der Waals surface area contributed by atoms with Crippen molar-refractivity contribution < 1.29 is 27.7 Å². The third kappa shape index (κ3) is 18.9. The largest absolute Gasteiger partial charge is 0.475 e. The average Bonchev–Trinajstić information content (AvgIpc) is 2.76. The normalized spacial score (nSPS) is 14.8. The van der Waals surface area contributed by atoms with Crippen LogP contribution in [0, 0.1) is 0 Å². The van der Waals surface area contributed by atoms with Crippen LogP contribution in [0.3, 0.4) is 0 Å². The molecule has 0 saturated heterocycles. The van der Waals surface area contributed by atoms with Crippen LogP contribution < -0.4 is 10.6 Å². The van der Waals surface area contributed by atoms with Gasteiger partial charge in [-0.05, 0) is 25.7 Å². The van der Waals surface area contributed by atoms with E-state index in [1.165, 1.54) is 52.0 Å². The minimum Gasteiger partial charge on any atom is -0.354 e. The molecule has 0 fully saturated rings. The smallest absolute Gasteiger partial charge is 0.354 e. The Morgan fingerprint density at radius 1 is 0.818 bits per heavy atom. The SMILES string of the molecule is C=CCOP(=O)(OCCC)OCC(CCC(CCCCCCCCC)NC(C)=O)NC(C)=O. The molecule has 0 heterocycles. The van der Waals surface area contributed by atoms with Gasteiger partial charge in [-0.3, -0.25) is 23.2 Å². The van der Waals surface area contributed by atoms with E-state index < -0.39 is 7.82 Å². The molecule has 0 saturated carbocycles. The van der Waals surface area contributed by atoms with Crippen molar-refractivity contribution in [2.75, 3.05) is 19.8 Å². The second-order valence-corrected chi connectivity index (χ2v) is 10.1. The summed E-state index contributed by atoms with van der Waals surface area (Å²) in [6.07, 6.45) is 12.8. The molecule has 194 valence electrons. The van der Waals surface area contributed by atoms with Crippen LogP contribution in [-0.2, 0) is 27.7 Å². The van der Waals surface area contributed by atoms with Crippen LogP contribution >= 0.6 is 7.82 Å². The summed E-state index contributed by atoms with van der Waals surface area (Å²) in [5.74, 6) is -0.270. The summed E-state index contributed by atoms with van der Waals surface area (Å²) >= 11 is 0. The first kappa shape index (κ1) is 31.8. The molecule has 0 aliphatic carbocycles. The minimum absolute atomic E-state index is 0.0120. The Labute approximate surface area is 201 Å². The van der Waals surface area contributed by atoms with Crippen LogP contribution in [0.5, 0.6) is 0 Å². The number of nitrogens with one attached hydrogen (secondary N) is 2. The lowest BCUT2D eigenvalue weighted by Gasteiger charge is -2.24. The highest BCUT2D eigenvalue weighted by molar-refractivity contribution is 7.48. The Morgan fingerprint density at radius 2 is 1.39 bits per heavy atom. The van der Waals surface area contributed by atoms with Gasteiger partial charge < -0.3 is 10.6 Å². The van der Waals surface area contributed by atoms with E-state index in [2.05, 4.69) is 24.1 Å². The van der Waals surface area contributed by atoms with Crippen molar-refractivity contribution in [2.24, 2.45) is 0 Å². The molecule has 0 aliphatic rings. The number of unbranched alkanes of at least 4 members (excludes halogenated alkanes) is 6. The molecule has 0 aromatic carbocycles. The Morgan fingerprint density at radius 3 is 1.97 bits per heavy atom. The van der Waals surface area contributed by atoms with Gasteiger partial charge in [0.15, 0.2) is 0 Å². The molecular weight excluding hydrogens is 443 g/mol. The van der Waals surface area contributed by atoms with Crippen molar-refractivity contribution >= 4 is 19.6 Å². The topological polar surface area (TPSA) is 103 Å². The maximum absolute atomic E-state index is 12.8. The summed E-state index contributed by atoms with van der Waals surface area (Å²) in [5, 5.41) is 5.86. The molecule has 0 aromatic heterocycles. The van der Waals surface area contributed by atoms with Crippen LogP contribution in [0.2, 0.25) is 0 Å². The van der Waals surface area contributed by atoms with Gasteiger partial charge >= 0.3 is 7.82 Å². The van der Waals surface area contributed by atoms with Crippen molar-refractivity contribution in [3.8, 4) is 0 Å². The first-order valence-corrected chi connectivity index (χ1v) is 13.9. The van der Waals surface area contributed by atoms with Gasteiger partial charge in [-0.2, -0.15) is 0 Å². The van der Waals surface area contributed by atoms with Crippen molar-refractivity contribution in [3.05, 3.63) is 12.7 Å². The van der Waals surface area contributed by atoms with E-state index in [-0.39, 0.29) is 43.7 Å². The number of carbonyl (C=O) groups is 2. The maximum atomic E-state index is 12.8. The number of rotatable bonds is 22. The predicted molar refractivity (Wildman–Crippen MR) is 133 cm³/mol. The van der Waals surface area contributed by atoms with E-state index >= 15 is 0 Å². The molecule has 0 aliphatic heterocycles. The molecular formula is C24H47N2O6P. The van der Waals surface area contributed by atoms with Gasteiger partial charge in [-0.15, -0.1) is 6.58 Å². The van der Waals surface area contributed by atoms with Crippen LogP contribution in [0.25, 0.3) is 0 Å². The number of amides is 2. The van der Waals surface area contributed by atoms with Crippen molar-refractivity contribution in [2.45, 2.75) is 110 Å². The molecule has 3 atom stereocenters. The van der Waals surface area contributed by atoms with Gasteiger partial charge in [0.05, 0.1) is 25.9 Å². The lowest BCUT2D eigenvalue weighted by atomic mass is 9.99. The molecule has 8 nitrogen and oxygen atoms in total. The first-order valence-electron chi connectivity index (χ1n) is 12.4. The zero-order valence-electron chi connectivity index (χ0n) is 21.2. The van der Waals surface area contributed by atoms with Gasteiger partial charge in [-0.25, -0.2) is 4.57 Å². The zero-order chi connectivity index (χ0) is 25.0. The van der Waals surface area contributed by atoms with E-state index in [1.807, 2.05) is 6.92 Å². The van der Waals surface area contributed by atoms with Crippen LogP contribution in [0.4, 0.5) is 0 Å². The van der Waals surface area contributed by atoms with E-state index in [0.29, 0.717) is 19.3 Å². The average molecular weight is 491 g/mol.